The molecule has 0 aromatic rings. The average molecular weight is 463 g/mol. The summed E-state index contributed by atoms with van der Waals surface area (Å²) in [5, 5.41) is 0. The molecule has 6 heteroatoms. The SMILES string of the molecule is CC(=O)O[C@H]1CC[C@@]2(C)[C@@H](CC[C@H]3[C@H]2CC[C@]2(C)[C@@H]3CC[C@@]2(OC(C)=O)[C@@H](C)OC(C)=O)C1. The van der Waals surface area contributed by atoms with Gasteiger partial charge in [-0.2, -0.15) is 0 Å². The lowest BCUT2D eigenvalue weighted by Crippen LogP contribution is -2.61. The highest BCUT2D eigenvalue weighted by molar-refractivity contribution is 5.68. The Hall–Kier alpha value is -1.59. The molecule has 4 fully saturated rings. The summed E-state index contributed by atoms with van der Waals surface area (Å²) >= 11 is 0. The van der Waals surface area contributed by atoms with Crippen molar-refractivity contribution in [1.82, 2.24) is 0 Å². The molecule has 0 spiro atoms. The molecule has 0 aromatic carbocycles. The van der Waals surface area contributed by atoms with Crippen molar-refractivity contribution < 1.29 is 28.6 Å². The summed E-state index contributed by atoms with van der Waals surface area (Å²) in [7, 11) is 0. The summed E-state index contributed by atoms with van der Waals surface area (Å²) in [6, 6.07) is 0. The van der Waals surface area contributed by atoms with Crippen LogP contribution in [0.15, 0.2) is 0 Å². The number of esters is 3. The molecule has 186 valence electrons. The molecular formula is C27H42O6. The predicted octanol–water partition coefficient (Wildman–Crippen LogP) is 5.21. The molecule has 9 atom stereocenters. The van der Waals surface area contributed by atoms with Crippen molar-refractivity contribution in [2.24, 2.45) is 34.5 Å². The normalized spacial score (nSPS) is 45.1. The highest BCUT2D eigenvalue weighted by atomic mass is 16.6. The van der Waals surface area contributed by atoms with Crippen LogP contribution in [0, 0.1) is 34.5 Å². The van der Waals surface area contributed by atoms with Gasteiger partial charge in [0.2, 0.25) is 0 Å². The minimum absolute atomic E-state index is 0.0682. The zero-order valence-corrected chi connectivity index (χ0v) is 21.3. The number of hydrogen-bond acceptors (Lipinski definition) is 6. The van der Waals surface area contributed by atoms with Gasteiger partial charge >= 0.3 is 17.9 Å². The van der Waals surface area contributed by atoms with Gasteiger partial charge in [0, 0.05) is 26.2 Å². The van der Waals surface area contributed by atoms with Gasteiger partial charge in [-0.15, -0.1) is 0 Å². The Morgan fingerprint density at radius 1 is 0.818 bits per heavy atom. The van der Waals surface area contributed by atoms with Gasteiger partial charge in [0.15, 0.2) is 5.60 Å². The fraction of sp³-hybridized carbons (Fsp3) is 0.889. The molecule has 0 amide bonds. The molecule has 0 radical (unpaired) electrons. The fourth-order valence-electron chi connectivity index (χ4n) is 9.11. The lowest BCUT2D eigenvalue weighted by Gasteiger charge is -2.62. The van der Waals surface area contributed by atoms with Crippen LogP contribution in [0.2, 0.25) is 0 Å². The summed E-state index contributed by atoms with van der Waals surface area (Å²) in [5.74, 6) is 1.51. The van der Waals surface area contributed by atoms with Gasteiger partial charge in [0.1, 0.15) is 12.2 Å². The first kappa shape index (κ1) is 24.5. The van der Waals surface area contributed by atoms with Crippen LogP contribution in [-0.4, -0.2) is 35.7 Å². The van der Waals surface area contributed by atoms with Crippen molar-refractivity contribution >= 4 is 17.9 Å². The summed E-state index contributed by atoms with van der Waals surface area (Å²) in [4.78, 5) is 35.6. The van der Waals surface area contributed by atoms with Crippen LogP contribution < -0.4 is 0 Å². The Morgan fingerprint density at radius 2 is 1.52 bits per heavy atom. The second-order valence-electron chi connectivity index (χ2n) is 11.9. The Bertz CT molecular complexity index is 808. The molecule has 4 saturated carbocycles. The number of carbonyl (C=O) groups excluding carboxylic acids is 3. The monoisotopic (exact) mass is 462 g/mol. The van der Waals surface area contributed by atoms with Gasteiger partial charge in [-0.3, -0.25) is 14.4 Å². The van der Waals surface area contributed by atoms with Crippen LogP contribution in [0.4, 0.5) is 0 Å². The van der Waals surface area contributed by atoms with E-state index in [4.69, 9.17) is 14.2 Å². The number of rotatable bonds is 4. The highest BCUT2D eigenvalue weighted by Gasteiger charge is 2.68. The molecule has 4 aliphatic carbocycles. The van der Waals surface area contributed by atoms with E-state index < -0.39 is 11.7 Å². The standard InChI is InChI=1S/C27H42O6/c1-16(31-17(2)28)27(33-19(4)30)14-11-24-22-8-7-20-15-21(32-18(3)29)9-12-25(20,5)23(22)10-13-26(24,27)6/h16,20-24H,7-15H2,1-6H3/t16-,20+,21+,22+,23-,24-,25+,26-,27-/m1/s1. The van der Waals surface area contributed by atoms with Gasteiger partial charge in [0.05, 0.1) is 0 Å². The summed E-state index contributed by atoms with van der Waals surface area (Å²) in [6.45, 7) is 11.1. The van der Waals surface area contributed by atoms with Gasteiger partial charge in [-0.05, 0) is 93.8 Å². The minimum Gasteiger partial charge on any atom is -0.463 e. The Morgan fingerprint density at radius 3 is 2.15 bits per heavy atom. The topological polar surface area (TPSA) is 78.9 Å². The van der Waals surface area contributed by atoms with Crippen molar-refractivity contribution in [3.05, 3.63) is 0 Å². The molecule has 6 nitrogen and oxygen atoms in total. The lowest BCUT2D eigenvalue weighted by molar-refractivity contribution is -0.219. The smallest absolute Gasteiger partial charge is 0.303 e. The van der Waals surface area contributed by atoms with Crippen LogP contribution in [0.5, 0.6) is 0 Å². The van der Waals surface area contributed by atoms with Crippen LogP contribution >= 0.6 is 0 Å². The van der Waals surface area contributed by atoms with Gasteiger partial charge in [-0.1, -0.05) is 13.8 Å². The van der Waals surface area contributed by atoms with Crippen molar-refractivity contribution in [2.45, 2.75) is 117 Å². The third kappa shape index (κ3) is 3.89. The predicted molar refractivity (Wildman–Crippen MR) is 123 cm³/mol. The van der Waals surface area contributed by atoms with E-state index in [9.17, 15) is 14.4 Å². The van der Waals surface area contributed by atoms with Crippen molar-refractivity contribution in [2.75, 3.05) is 0 Å². The maximum Gasteiger partial charge on any atom is 0.303 e. The first-order valence-electron chi connectivity index (χ1n) is 13.0. The van der Waals surface area contributed by atoms with E-state index in [-0.39, 0.29) is 34.8 Å². The van der Waals surface area contributed by atoms with E-state index >= 15 is 0 Å². The Balaban J connectivity index is 1.59. The molecule has 4 aliphatic rings. The Labute approximate surface area is 198 Å². The molecule has 0 bridgehead atoms. The first-order chi connectivity index (χ1) is 15.4. The summed E-state index contributed by atoms with van der Waals surface area (Å²) in [6.07, 6.45) is 8.85. The van der Waals surface area contributed by atoms with Crippen molar-refractivity contribution in [1.29, 1.82) is 0 Å². The average Bonchev–Trinajstić information content (AvgIpc) is 3.00. The van der Waals surface area contributed by atoms with E-state index in [0.717, 1.165) is 44.9 Å². The molecule has 0 heterocycles. The van der Waals surface area contributed by atoms with E-state index in [1.165, 1.54) is 33.6 Å². The van der Waals surface area contributed by atoms with Gasteiger partial charge < -0.3 is 14.2 Å². The summed E-state index contributed by atoms with van der Waals surface area (Å²) in [5.41, 5.74) is -0.688. The molecule has 0 aliphatic heterocycles. The van der Waals surface area contributed by atoms with Crippen molar-refractivity contribution in [3.8, 4) is 0 Å². The third-order valence-corrected chi connectivity index (χ3v) is 10.5. The molecule has 4 rings (SSSR count). The van der Waals surface area contributed by atoms with Crippen LogP contribution in [0.1, 0.15) is 99.3 Å². The highest BCUT2D eigenvalue weighted by Crippen LogP contribution is 2.69. The quantitative estimate of drug-likeness (QED) is 0.421. The van der Waals surface area contributed by atoms with Crippen LogP contribution in [0.25, 0.3) is 0 Å². The molecule has 0 unspecified atom stereocenters. The lowest BCUT2D eigenvalue weighted by atomic mass is 9.44. The third-order valence-electron chi connectivity index (χ3n) is 10.5. The van der Waals surface area contributed by atoms with E-state index in [1.807, 2.05) is 6.92 Å². The molecule has 0 saturated heterocycles. The maximum absolute atomic E-state index is 12.2. The van der Waals surface area contributed by atoms with Crippen LogP contribution in [-0.2, 0) is 28.6 Å². The molecule has 33 heavy (non-hydrogen) atoms. The second-order valence-corrected chi connectivity index (χ2v) is 11.9. The molecular weight excluding hydrogens is 420 g/mol. The maximum atomic E-state index is 12.2. The van der Waals surface area contributed by atoms with Gasteiger partial charge in [0.25, 0.3) is 0 Å². The molecule has 0 N–H and O–H groups in total. The van der Waals surface area contributed by atoms with E-state index in [0.29, 0.717) is 23.7 Å². The van der Waals surface area contributed by atoms with Gasteiger partial charge in [-0.25, -0.2) is 0 Å². The van der Waals surface area contributed by atoms with E-state index in [2.05, 4.69) is 13.8 Å². The zero-order chi connectivity index (χ0) is 24.2. The first-order valence-corrected chi connectivity index (χ1v) is 13.0. The van der Waals surface area contributed by atoms with Crippen LogP contribution in [0.3, 0.4) is 0 Å². The Kier molecular flexibility index (Phi) is 6.37. The second kappa shape index (κ2) is 8.57. The number of ether oxygens (including phenoxy) is 3. The zero-order valence-electron chi connectivity index (χ0n) is 21.3. The molecule has 0 aromatic heterocycles. The summed E-state index contributed by atoms with van der Waals surface area (Å²) < 4.78 is 17.4. The number of hydrogen-bond donors (Lipinski definition) is 0. The van der Waals surface area contributed by atoms with E-state index in [1.54, 1.807) is 0 Å². The number of fused-ring (bicyclic) bond motifs is 5. The minimum atomic E-state index is -0.759. The largest absolute Gasteiger partial charge is 0.463 e. The number of carbonyl (C=O) groups is 3. The van der Waals surface area contributed by atoms with Crippen molar-refractivity contribution in [3.63, 3.8) is 0 Å². The fourth-order valence-corrected chi connectivity index (χ4v) is 9.11.